The zero-order valence-corrected chi connectivity index (χ0v) is 18.8. The second-order valence-electron chi connectivity index (χ2n) is 7.08. The molecule has 1 fully saturated rings. The quantitative estimate of drug-likeness (QED) is 0.442. The fraction of sp³-hybridized carbons (Fsp3) is 0.286. The Balaban J connectivity index is 1.56. The molecule has 0 aliphatic carbocycles. The van der Waals surface area contributed by atoms with E-state index in [1.54, 1.807) is 37.5 Å². The Labute approximate surface area is 185 Å². The van der Waals surface area contributed by atoms with Gasteiger partial charge in [0.05, 0.1) is 22.4 Å². The molecule has 10 heteroatoms. The molecular formula is C21H22N4O4S2. The molecule has 1 saturated heterocycles. The number of benzene rings is 1. The third-order valence-corrected chi connectivity index (χ3v) is 7.63. The van der Waals surface area contributed by atoms with Crippen molar-refractivity contribution in [3.05, 3.63) is 53.9 Å². The molecule has 1 aliphatic heterocycles. The number of nitrogens with one attached hydrogen (secondary N) is 1. The van der Waals surface area contributed by atoms with Crippen LogP contribution < -0.4 is 5.32 Å². The number of sulfonamides is 1. The van der Waals surface area contributed by atoms with Crippen LogP contribution in [0.3, 0.4) is 0 Å². The topological polar surface area (TPSA) is 105 Å². The maximum absolute atomic E-state index is 12.9. The van der Waals surface area contributed by atoms with Crippen LogP contribution in [-0.4, -0.2) is 47.9 Å². The minimum Gasteiger partial charge on any atom is -0.461 e. The number of amides is 1. The Morgan fingerprint density at radius 3 is 2.45 bits per heavy atom. The van der Waals surface area contributed by atoms with Gasteiger partial charge in [-0.25, -0.2) is 18.4 Å². The highest BCUT2D eigenvalue weighted by Crippen LogP contribution is 2.27. The Morgan fingerprint density at radius 2 is 1.84 bits per heavy atom. The summed E-state index contributed by atoms with van der Waals surface area (Å²) < 4.78 is 32.2. The van der Waals surface area contributed by atoms with E-state index in [0.29, 0.717) is 46.6 Å². The largest absolute Gasteiger partial charge is 0.461 e. The fourth-order valence-electron chi connectivity index (χ4n) is 3.45. The highest BCUT2D eigenvalue weighted by Gasteiger charge is 2.27. The number of aryl methyl sites for hydroxylation is 1. The molecule has 1 aromatic carbocycles. The molecular weight excluding hydrogens is 436 g/mol. The minimum atomic E-state index is -3.49. The molecule has 0 spiro atoms. The lowest BCUT2D eigenvalue weighted by Crippen LogP contribution is -2.27. The van der Waals surface area contributed by atoms with Crippen LogP contribution >= 0.6 is 11.8 Å². The molecule has 8 nitrogen and oxygen atoms in total. The lowest BCUT2D eigenvalue weighted by atomic mass is 10.2. The molecule has 31 heavy (non-hydrogen) atoms. The Morgan fingerprint density at radius 1 is 1.13 bits per heavy atom. The van der Waals surface area contributed by atoms with Crippen molar-refractivity contribution in [2.24, 2.45) is 0 Å². The van der Waals surface area contributed by atoms with E-state index in [1.165, 1.54) is 28.2 Å². The molecule has 0 unspecified atom stereocenters. The predicted molar refractivity (Wildman–Crippen MR) is 119 cm³/mol. The lowest BCUT2D eigenvalue weighted by Gasteiger charge is -2.16. The normalized spacial score (nSPS) is 14.6. The van der Waals surface area contributed by atoms with Gasteiger partial charge in [-0.1, -0.05) is 0 Å². The molecule has 1 N–H and O–H groups in total. The van der Waals surface area contributed by atoms with Gasteiger partial charge in [0, 0.05) is 18.8 Å². The molecule has 1 aliphatic rings. The van der Waals surface area contributed by atoms with Crippen LogP contribution in [0.25, 0.3) is 11.6 Å². The first kappa shape index (κ1) is 21.5. The van der Waals surface area contributed by atoms with Crippen LogP contribution in [0, 0.1) is 6.92 Å². The second-order valence-corrected chi connectivity index (χ2v) is 9.82. The van der Waals surface area contributed by atoms with Crippen molar-refractivity contribution in [2.45, 2.75) is 29.7 Å². The summed E-state index contributed by atoms with van der Waals surface area (Å²) in [7, 11) is -3.49. The van der Waals surface area contributed by atoms with Crippen LogP contribution in [0.4, 0.5) is 5.69 Å². The third kappa shape index (κ3) is 4.36. The number of anilines is 1. The third-order valence-electron chi connectivity index (χ3n) is 5.03. The average Bonchev–Trinajstić information content (AvgIpc) is 3.47. The van der Waals surface area contributed by atoms with Crippen molar-refractivity contribution in [1.29, 1.82) is 0 Å². The standard InChI is InChI=1S/C21H22N4O4S2/c1-14-18(21(30-2)24-19(22-14)17-6-5-13-29-17)20(26)23-15-7-9-16(10-8-15)31(27,28)25-11-3-4-12-25/h5-10,13H,3-4,11-12H2,1-2H3,(H,23,26). The zero-order valence-electron chi connectivity index (χ0n) is 17.2. The van der Waals surface area contributed by atoms with Gasteiger partial charge in [0.25, 0.3) is 5.91 Å². The van der Waals surface area contributed by atoms with Gasteiger partial charge in [0.1, 0.15) is 5.03 Å². The van der Waals surface area contributed by atoms with Crippen molar-refractivity contribution in [3.8, 4) is 11.6 Å². The molecule has 0 radical (unpaired) electrons. The van der Waals surface area contributed by atoms with Crippen LogP contribution in [0.2, 0.25) is 0 Å². The molecule has 0 saturated carbocycles. The first-order valence-corrected chi connectivity index (χ1v) is 12.4. The maximum atomic E-state index is 12.9. The number of aromatic nitrogens is 2. The number of nitrogens with zero attached hydrogens (tertiary/aromatic N) is 3. The first-order chi connectivity index (χ1) is 14.9. The smallest absolute Gasteiger partial charge is 0.260 e. The van der Waals surface area contributed by atoms with Crippen molar-refractivity contribution < 1.29 is 17.6 Å². The summed E-state index contributed by atoms with van der Waals surface area (Å²) in [5.74, 6) is 0.586. The zero-order chi connectivity index (χ0) is 22.0. The van der Waals surface area contributed by atoms with Gasteiger partial charge in [0.15, 0.2) is 11.6 Å². The van der Waals surface area contributed by atoms with E-state index < -0.39 is 10.0 Å². The Hall–Kier alpha value is -2.69. The van der Waals surface area contributed by atoms with Crippen molar-refractivity contribution in [1.82, 2.24) is 14.3 Å². The number of hydrogen-bond donors (Lipinski definition) is 1. The number of hydrogen-bond acceptors (Lipinski definition) is 7. The summed E-state index contributed by atoms with van der Waals surface area (Å²) in [6, 6.07) is 9.72. The van der Waals surface area contributed by atoms with Gasteiger partial charge in [0.2, 0.25) is 10.0 Å². The van der Waals surface area contributed by atoms with Crippen molar-refractivity contribution in [2.75, 3.05) is 24.7 Å². The van der Waals surface area contributed by atoms with E-state index in [2.05, 4.69) is 15.3 Å². The summed E-state index contributed by atoms with van der Waals surface area (Å²) in [4.78, 5) is 22.0. The number of thioether (sulfide) groups is 1. The highest BCUT2D eigenvalue weighted by molar-refractivity contribution is 7.98. The second kappa shape index (κ2) is 8.81. The molecule has 162 valence electrons. The Bertz CT molecular complexity index is 1190. The van der Waals surface area contributed by atoms with Gasteiger partial charge in [-0.15, -0.1) is 11.8 Å². The summed E-state index contributed by atoms with van der Waals surface area (Å²) in [6.45, 7) is 2.84. The summed E-state index contributed by atoms with van der Waals surface area (Å²) in [5, 5.41) is 3.34. The van der Waals surface area contributed by atoms with Gasteiger partial charge in [-0.05, 0) is 62.4 Å². The number of furan rings is 1. The van der Waals surface area contributed by atoms with E-state index in [1.807, 2.05) is 6.26 Å². The van der Waals surface area contributed by atoms with Gasteiger partial charge in [-0.2, -0.15) is 4.31 Å². The summed E-state index contributed by atoms with van der Waals surface area (Å²) >= 11 is 1.34. The van der Waals surface area contributed by atoms with Gasteiger partial charge in [-0.3, -0.25) is 4.79 Å². The van der Waals surface area contributed by atoms with Crippen LogP contribution in [0.15, 0.2) is 57.0 Å². The average molecular weight is 459 g/mol. The van der Waals surface area contributed by atoms with E-state index in [0.717, 1.165) is 12.8 Å². The first-order valence-electron chi connectivity index (χ1n) is 9.78. The Kier molecular flexibility index (Phi) is 6.12. The molecule has 0 atom stereocenters. The monoisotopic (exact) mass is 458 g/mol. The number of carbonyl (C=O) groups excluding carboxylic acids is 1. The molecule has 2 aromatic heterocycles. The van der Waals surface area contributed by atoms with Crippen molar-refractivity contribution >= 4 is 33.4 Å². The van der Waals surface area contributed by atoms with Crippen LogP contribution in [-0.2, 0) is 10.0 Å². The van der Waals surface area contributed by atoms with E-state index in [4.69, 9.17) is 4.42 Å². The molecule has 1 amide bonds. The van der Waals surface area contributed by atoms with Crippen molar-refractivity contribution in [3.63, 3.8) is 0 Å². The van der Waals surface area contributed by atoms with Crippen LogP contribution in [0.5, 0.6) is 0 Å². The van der Waals surface area contributed by atoms with E-state index in [9.17, 15) is 13.2 Å². The summed E-state index contributed by atoms with van der Waals surface area (Å²) in [5.41, 5.74) is 1.39. The highest BCUT2D eigenvalue weighted by atomic mass is 32.2. The van der Waals surface area contributed by atoms with E-state index in [-0.39, 0.29) is 10.8 Å². The van der Waals surface area contributed by atoms with Gasteiger partial charge >= 0.3 is 0 Å². The predicted octanol–water partition coefficient (Wildman–Crippen LogP) is 3.80. The number of rotatable bonds is 6. The van der Waals surface area contributed by atoms with E-state index >= 15 is 0 Å². The summed E-state index contributed by atoms with van der Waals surface area (Å²) in [6.07, 6.45) is 5.14. The molecule has 3 heterocycles. The van der Waals surface area contributed by atoms with Gasteiger partial charge < -0.3 is 9.73 Å². The fourth-order valence-corrected chi connectivity index (χ4v) is 5.59. The molecule has 4 rings (SSSR count). The number of carbonyl (C=O) groups is 1. The maximum Gasteiger partial charge on any atom is 0.260 e. The molecule has 3 aromatic rings. The van der Waals surface area contributed by atoms with Crippen LogP contribution in [0.1, 0.15) is 28.9 Å². The SMILES string of the molecule is CSc1nc(-c2ccco2)nc(C)c1C(=O)Nc1ccc(S(=O)(=O)N2CCCC2)cc1. The minimum absolute atomic E-state index is 0.222. The molecule has 0 bridgehead atoms. The lowest BCUT2D eigenvalue weighted by molar-refractivity contribution is 0.102.